The number of carbonyl (C=O) groups excluding carboxylic acids is 2. The van der Waals surface area contributed by atoms with Gasteiger partial charge in [0.2, 0.25) is 5.91 Å². The first-order valence-electron chi connectivity index (χ1n) is 10.1. The summed E-state index contributed by atoms with van der Waals surface area (Å²) < 4.78 is 5.10. The van der Waals surface area contributed by atoms with Gasteiger partial charge in [-0.3, -0.25) is 14.5 Å². The molecule has 2 aliphatic rings. The van der Waals surface area contributed by atoms with Gasteiger partial charge in [0, 0.05) is 69.0 Å². The molecule has 0 bridgehead atoms. The Hall–Kier alpha value is -2.38. The lowest BCUT2D eigenvalue weighted by Crippen LogP contribution is -2.44. The molecule has 2 saturated heterocycles. The van der Waals surface area contributed by atoms with E-state index in [9.17, 15) is 9.59 Å². The van der Waals surface area contributed by atoms with Gasteiger partial charge in [0.25, 0.3) is 5.91 Å². The molecule has 0 spiro atoms. The number of carbonyl (C=O) groups is 2. The molecule has 1 aromatic carbocycles. The molecule has 28 heavy (non-hydrogen) atoms. The van der Waals surface area contributed by atoms with Crippen molar-refractivity contribution in [3.05, 3.63) is 36.0 Å². The third-order valence-electron chi connectivity index (χ3n) is 5.89. The maximum absolute atomic E-state index is 13.0. The molecule has 0 aliphatic carbocycles. The third-order valence-corrected chi connectivity index (χ3v) is 5.89. The number of likely N-dealkylation sites (tertiary alicyclic amines) is 1. The van der Waals surface area contributed by atoms with Crippen molar-refractivity contribution in [1.29, 1.82) is 0 Å². The Kier molecular flexibility index (Phi) is 5.64. The van der Waals surface area contributed by atoms with Crippen LogP contribution in [0.3, 0.4) is 0 Å². The number of ether oxygens (including phenoxy) is 1. The number of fused-ring (bicyclic) bond motifs is 1. The molecule has 0 saturated carbocycles. The van der Waals surface area contributed by atoms with Gasteiger partial charge in [-0.2, -0.15) is 0 Å². The van der Waals surface area contributed by atoms with Crippen molar-refractivity contribution < 1.29 is 14.3 Å². The van der Waals surface area contributed by atoms with Gasteiger partial charge >= 0.3 is 0 Å². The van der Waals surface area contributed by atoms with E-state index < -0.39 is 0 Å². The van der Waals surface area contributed by atoms with Crippen LogP contribution in [0.5, 0.6) is 0 Å². The standard InChI is InChI=1S/C21H28N4O3/c1-28-14-13-25-10-6-19(21(25)27)23-8-2-9-24(12-11-23)20(26)17-3-4-18-16(15-17)5-7-22-18/h3-5,7,15,19,22H,2,6,8-14H2,1H3. The minimum Gasteiger partial charge on any atom is -0.383 e. The fourth-order valence-corrected chi connectivity index (χ4v) is 4.31. The topological polar surface area (TPSA) is 68.9 Å². The summed E-state index contributed by atoms with van der Waals surface area (Å²) in [6.07, 6.45) is 3.64. The normalized spacial score (nSPS) is 21.5. The van der Waals surface area contributed by atoms with Crippen molar-refractivity contribution in [2.75, 3.05) is 53.0 Å². The summed E-state index contributed by atoms with van der Waals surface area (Å²) in [7, 11) is 1.66. The van der Waals surface area contributed by atoms with Crippen molar-refractivity contribution in [2.45, 2.75) is 18.9 Å². The predicted molar refractivity (Wildman–Crippen MR) is 107 cm³/mol. The first-order valence-corrected chi connectivity index (χ1v) is 10.1. The van der Waals surface area contributed by atoms with Gasteiger partial charge in [0.05, 0.1) is 12.6 Å². The molecule has 2 aliphatic heterocycles. The van der Waals surface area contributed by atoms with E-state index in [1.165, 1.54) is 0 Å². The lowest BCUT2D eigenvalue weighted by molar-refractivity contribution is -0.132. The molecular weight excluding hydrogens is 356 g/mol. The zero-order valence-electron chi connectivity index (χ0n) is 16.4. The highest BCUT2D eigenvalue weighted by atomic mass is 16.5. The Morgan fingerprint density at radius 3 is 2.93 bits per heavy atom. The van der Waals surface area contributed by atoms with Gasteiger partial charge in [-0.15, -0.1) is 0 Å². The molecule has 1 aromatic heterocycles. The van der Waals surface area contributed by atoms with Crippen molar-refractivity contribution in [1.82, 2.24) is 19.7 Å². The molecule has 150 valence electrons. The maximum atomic E-state index is 13.0. The highest BCUT2D eigenvalue weighted by Gasteiger charge is 2.36. The largest absolute Gasteiger partial charge is 0.383 e. The van der Waals surface area contributed by atoms with Crippen LogP contribution in [-0.2, 0) is 9.53 Å². The number of benzene rings is 1. The average Bonchev–Trinajstić information content (AvgIpc) is 3.24. The number of nitrogens with zero attached hydrogens (tertiary/aromatic N) is 3. The van der Waals surface area contributed by atoms with E-state index in [0.29, 0.717) is 19.7 Å². The molecule has 1 unspecified atom stereocenters. The molecule has 3 heterocycles. The Bertz CT molecular complexity index is 849. The van der Waals surface area contributed by atoms with Crippen LogP contribution in [0.25, 0.3) is 10.9 Å². The summed E-state index contributed by atoms with van der Waals surface area (Å²) in [5.41, 5.74) is 1.76. The number of amides is 2. The molecule has 4 rings (SSSR count). The van der Waals surface area contributed by atoms with Crippen LogP contribution in [0, 0.1) is 0 Å². The summed E-state index contributed by atoms with van der Waals surface area (Å²) in [6, 6.07) is 7.72. The van der Waals surface area contributed by atoms with E-state index >= 15 is 0 Å². The third kappa shape index (κ3) is 3.77. The molecular formula is C21H28N4O3. The first kappa shape index (κ1) is 19.0. The van der Waals surface area contributed by atoms with E-state index in [1.54, 1.807) is 7.11 Å². The monoisotopic (exact) mass is 384 g/mol. The highest BCUT2D eigenvalue weighted by Crippen LogP contribution is 2.21. The predicted octanol–water partition coefficient (Wildman–Crippen LogP) is 1.56. The van der Waals surface area contributed by atoms with Crippen molar-refractivity contribution in [3.8, 4) is 0 Å². The second kappa shape index (κ2) is 8.32. The van der Waals surface area contributed by atoms with Gasteiger partial charge in [-0.25, -0.2) is 0 Å². The van der Waals surface area contributed by atoms with Crippen molar-refractivity contribution in [2.24, 2.45) is 0 Å². The lowest BCUT2D eigenvalue weighted by Gasteiger charge is -2.26. The fraction of sp³-hybridized carbons (Fsp3) is 0.524. The lowest BCUT2D eigenvalue weighted by atomic mass is 10.1. The van der Waals surface area contributed by atoms with Gasteiger partial charge in [-0.1, -0.05) is 0 Å². The van der Waals surface area contributed by atoms with Gasteiger partial charge in [0.15, 0.2) is 0 Å². The Morgan fingerprint density at radius 2 is 2.07 bits per heavy atom. The smallest absolute Gasteiger partial charge is 0.253 e. The summed E-state index contributed by atoms with van der Waals surface area (Å²) in [5, 5.41) is 1.05. The Balaban J connectivity index is 1.38. The number of methoxy groups -OCH3 is 1. The first-order chi connectivity index (χ1) is 13.7. The van der Waals surface area contributed by atoms with E-state index in [4.69, 9.17) is 4.74 Å². The van der Waals surface area contributed by atoms with Gasteiger partial charge < -0.3 is 19.5 Å². The summed E-state index contributed by atoms with van der Waals surface area (Å²) in [6.45, 7) is 5.02. The Morgan fingerprint density at radius 1 is 1.18 bits per heavy atom. The molecule has 7 heteroatoms. The second-order valence-corrected chi connectivity index (χ2v) is 7.58. The second-order valence-electron chi connectivity index (χ2n) is 7.58. The summed E-state index contributed by atoms with van der Waals surface area (Å²) in [5.74, 6) is 0.277. The fourth-order valence-electron chi connectivity index (χ4n) is 4.31. The minimum atomic E-state index is -0.0527. The molecule has 2 amide bonds. The highest BCUT2D eigenvalue weighted by molar-refractivity contribution is 5.98. The van der Waals surface area contributed by atoms with Gasteiger partial charge in [0.1, 0.15) is 0 Å². The molecule has 1 N–H and O–H groups in total. The van der Waals surface area contributed by atoms with Gasteiger partial charge in [-0.05, 0) is 37.1 Å². The van der Waals surface area contributed by atoms with E-state index in [-0.39, 0.29) is 17.9 Å². The molecule has 7 nitrogen and oxygen atoms in total. The van der Waals surface area contributed by atoms with Crippen molar-refractivity contribution in [3.63, 3.8) is 0 Å². The minimum absolute atomic E-state index is 0.0527. The molecule has 2 aromatic rings. The molecule has 1 atom stereocenters. The van der Waals surface area contributed by atoms with E-state index in [2.05, 4.69) is 9.88 Å². The number of nitrogens with one attached hydrogen (secondary N) is 1. The number of hydrogen-bond acceptors (Lipinski definition) is 4. The number of hydrogen-bond donors (Lipinski definition) is 1. The van der Waals surface area contributed by atoms with Crippen LogP contribution in [0.15, 0.2) is 30.5 Å². The van der Waals surface area contributed by atoms with Crippen LogP contribution in [-0.4, -0.2) is 90.5 Å². The van der Waals surface area contributed by atoms with Crippen LogP contribution in [0.4, 0.5) is 0 Å². The molecule has 0 radical (unpaired) electrons. The van der Waals surface area contributed by atoms with E-state index in [1.807, 2.05) is 40.3 Å². The van der Waals surface area contributed by atoms with Crippen molar-refractivity contribution >= 4 is 22.7 Å². The van der Waals surface area contributed by atoms with E-state index in [0.717, 1.165) is 55.5 Å². The van der Waals surface area contributed by atoms with Crippen LogP contribution >= 0.6 is 0 Å². The summed E-state index contributed by atoms with van der Waals surface area (Å²) >= 11 is 0. The molecule has 2 fully saturated rings. The number of aromatic amines is 1. The SMILES string of the molecule is COCCN1CCC(N2CCCN(C(=O)c3ccc4[nH]ccc4c3)CC2)C1=O. The number of aromatic nitrogens is 1. The van der Waals surface area contributed by atoms with Crippen LogP contribution in [0.1, 0.15) is 23.2 Å². The Labute approximate surface area is 165 Å². The zero-order chi connectivity index (χ0) is 19.5. The maximum Gasteiger partial charge on any atom is 0.253 e. The summed E-state index contributed by atoms with van der Waals surface area (Å²) in [4.78, 5) is 34.9. The van der Waals surface area contributed by atoms with Crippen LogP contribution < -0.4 is 0 Å². The number of H-pyrrole nitrogens is 1. The number of rotatable bonds is 5. The van der Waals surface area contributed by atoms with Crippen LogP contribution in [0.2, 0.25) is 0 Å². The average molecular weight is 384 g/mol. The quantitative estimate of drug-likeness (QED) is 0.850. The zero-order valence-corrected chi connectivity index (χ0v) is 16.4.